The number of sulfone groups is 1. The molecule has 1 aromatic heterocycles. The molecule has 41 heavy (non-hydrogen) atoms. The molecule has 1 heterocycles. The van der Waals surface area contributed by atoms with Crippen molar-refractivity contribution >= 4 is 38.7 Å². The zero-order valence-corrected chi connectivity index (χ0v) is 23.9. The van der Waals surface area contributed by atoms with Gasteiger partial charge < -0.3 is 15.4 Å². The predicted octanol–water partition coefficient (Wildman–Crippen LogP) is 5.82. The number of alkyl halides is 2. The van der Waals surface area contributed by atoms with E-state index in [0.717, 1.165) is 23.1 Å². The van der Waals surface area contributed by atoms with Crippen LogP contribution in [0.25, 0.3) is 10.4 Å². The summed E-state index contributed by atoms with van der Waals surface area (Å²) in [6, 6.07) is 10.3. The monoisotopic (exact) mass is 604 g/mol. The highest BCUT2D eigenvalue weighted by Gasteiger charge is 2.49. The van der Waals surface area contributed by atoms with Gasteiger partial charge in [0.2, 0.25) is 15.7 Å². The fraction of sp³-hybridized carbons (Fsp3) is 0.310. The van der Waals surface area contributed by atoms with E-state index in [4.69, 9.17) is 4.74 Å². The Bertz CT molecular complexity index is 1660. The van der Waals surface area contributed by atoms with Gasteiger partial charge in [-0.1, -0.05) is 18.2 Å². The lowest BCUT2D eigenvalue weighted by Crippen LogP contribution is -2.47. The van der Waals surface area contributed by atoms with Crippen molar-refractivity contribution in [3.05, 3.63) is 76.9 Å². The molecule has 2 bridgehead atoms. The molecule has 216 valence electrons. The molecule has 1 fully saturated rings. The first kappa shape index (κ1) is 28.9. The Balaban J connectivity index is 1.39. The van der Waals surface area contributed by atoms with E-state index in [-0.39, 0.29) is 34.4 Å². The van der Waals surface area contributed by atoms with Crippen LogP contribution in [0.1, 0.15) is 28.6 Å². The fourth-order valence-electron chi connectivity index (χ4n) is 5.45. The van der Waals surface area contributed by atoms with Crippen molar-refractivity contribution in [2.45, 2.75) is 36.5 Å². The number of amides is 2. The number of anilines is 1. The maximum absolute atomic E-state index is 14.9. The molecule has 0 radical (unpaired) electrons. The van der Waals surface area contributed by atoms with Gasteiger partial charge in [0.25, 0.3) is 5.91 Å². The molecule has 12 heteroatoms. The summed E-state index contributed by atoms with van der Waals surface area (Å²) in [7, 11) is -3.61. The summed E-state index contributed by atoms with van der Waals surface area (Å²) < 4.78 is 72.0. The van der Waals surface area contributed by atoms with Gasteiger partial charge in [-0.15, -0.1) is 11.3 Å². The highest BCUT2D eigenvalue weighted by atomic mass is 32.2. The average Bonchev–Trinajstić information content (AvgIpc) is 3.64. The van der Waals surface area contributed by atoms with Crippen LogP contribution in [0.3, 0.4) is 0 Å². The van der Waals surface area contributed by atoms with Gasteiger partial charge in [-0.2, -0.15) is 8.78 Å². The maximum atomic E-state index is 14.9. The summed E-state index contributed by atoms with van der Waals surface area (Å²) in [5.41, 5.74) is 0.399. The van der Waals surface area contributed by atoms with Crippen molar-refractivity contribution in [1.82, 2.24) is 5.32 Å². The SMILES string of the molecule is COc1cc(F)c(-c2ccc(C)s2)cc1C(=O)N[C@H]1[C@@H](C(=O)Nc2cccc(S(=O)(=O)C(C)(F)F)c2)[C@@H]2C=C[C@H]1C2. The van der Waals surface area contributed by atoms with Crippen LogP contribution in [-0.4, -0.2) is 38.6 Å². The number of allylic oxidation sites excluding steroid dienone is 1. The second kappa shape index (κ2) is 10.6. The van der Waals surface area contributed by atoms with Gasteiger partial charge in [0.1, 0.15) is 11.6 Å². The number of hydrogen-bond acceptors (Lipinski definition) is 6. The Morgan fingerprint density at radius 2 is 1.80 bits per heavy atom. The lowest BCUT2D eigenvalue weighted by Gasteiger charge is -2.28. The molecule has 7 nitrogen and oxygen atoms in total. The number of fused-ring (bicyclic) bond motifs is 2. The number of aryl methyl sites for hydroxylation is 1. The number of rotatable bonds is 8. The maximum Gasteiger partial charge on any atom is 0.347 e. The van der Waals surface area contributed by atoms with Crippen LogP contribution in [0.2, 0.25) is 0 Å². The number of methoxy groups -OCH3 is 1. The first-order chi connectivity index (χ1) is 19.3. The zero-order chi connectivity index (χ0) is 29.7. The van der Waals surface area contributed by atoms with Crippen molar-refractivity contribution < 1.29 is 35.9 Å². The predicted molar refractivity (Wildman–Crippen MR) is 149 cm³/mol. The lowest BCUT2D eigenvalue weighted by atomic mass is 9.87. The van der Waals surface area contributed by atoms with Gasteiger partial charge in [-0.25, -0.2) is 12.8 Å². The number of thiophene rings is 1. The van der Waals surface area contributed by atoms with Gasteiger partial charge in [-0.3, -0.25) is 9.59 Å². The molecule has 3 aromatic rings. The number of carbonyl (C=O) groups excluding carboxylic acids is 2. The summed E-state index contributed by atoms with van der Waals surface area (Å²) in [6.07, 6.45) is 4.43. The zero-order valence-electron chi connectivity index (χ0n) is 22.3. The molecule has 5 rings (SSSR count). The molecule has 2 amide bonds. The van der Waals surface area contributed by atoms with E-state index in [2.05, 4.69) is 10.6 Å². The molecular weight excluding hydrogens is 577 g/mol. The Hall–Kier alpha value is -3.64. The van der Waals surface area contributed by atoms with Crippen LogP contribution in [0, 0.1) is 30.5 Å². The molecule has 1 saturated carbocycles. The second-order valence-electron chi connectivity index (χ2n) is 10.2. The van der Waals surface area contributed by atoms with Crippen molar-refractivity contribution in [3.63, 3.8) is 0 Å². The molecule has 2 aliphatic rings. The molecule has 2 aromatic carbocycles. The van der Waals surface area contributed by atoms with Crippen LogP contribution < -0.4 is 15.4 Å². The normalized spacial score (nSPS) is 21.6. The minimum absolute atomic E-state index is 0.0354. The van der Waals surface area contributed by atoms with Crippen LogP contribution in [0.4, 0.5) is 18.9 Å². The van der Waals surface area contributed by atoms with E-state index in [9.17, 15) is 31.2 Å². The fourth-order valence-corrected chi connectivity index (χ4v) is 7.29. The van der Waals surface area contributed by atoms with Crippen LogP contribution in [0.5, 0.6) is 5.75 Å². The van der Waals surface area contributed by atoms with Gasteiger partial charge >= 0.3 is 5.25 Å². The summed E-state index contributed by atoms with van der Waals surface area (Å²) in [6.45, 7) is 2.19. The Kier molecular flexibility index (Phi) is 7.49. The van der Waals surface area contributed by atoms with Crippen LogP contribution in [0.15, 0.2) is 65.6 Å². The number of benzene rings is 2. The molecule has 4 atom stereocenters. The summed E-state index contributed by atoms with van der Waals surface area (Å²) >= 11 is 1.39. The number of nitrogens with one attached hydrogen (secondary N) is 2. The molecule has 0 spiro atoms. The van der Waals surface area contributed by atoms with Gasteiger partial charge in [-0.05, 0) is 61.6 Å². The van der Waals surface area contributed by atoms with Crippen molar-refractivity contribution in [2.24, 2.45) is 17.8 Å². The average molecular weight is 605 g/mol. The number of carbonyl (C=O) groups is 2. The van der Waals surface area contributed by atoms with E-state index < -0.39 is 49.6 Å². The minimum atomic E-state index is -4.94. The van der Waals surface area contributed by atoms with Gasteiger partial charge in [0.05, 0.1) is 23.5 Å². The third-order valence-electron chi connectivity index (χ3n) is 7.48. The first-order valence-electron chi connectivity index (χ1n) is 12.8. The smallest absolute Gasteiger partial charge is 0.347 e. The van der Waals surface area contributed by atoms with Gasteiger partial charge in [0, 0.05) is 40.0 Å². The number of ether oxygens (including phenoxy) is 1. The topological polar surface area (TPSA) is 102 Å². The van der Waals surface area contributed by atoms with E-state index in [1.165, 1.54) is 36.6 Å². The van der Waals surface area contributed by atoms with Crippen LogP contribution in [-0.2, 0) is 14.6 Å². The summed E-state index contributed by atoms with van der Waals surface area (Å²) in [5, 5.41) is 1.57. The standard InChI is InChI=1S/C29H27F3N2O5S2/c1-15-7-10-24(40-15)20-13-21(23(39-3)14-22(20)30)27(35)34-26-17-9-8-16(11-17)25(26)28(36)33-18-5-4-6-19(12-18)41(37,38)29(2,31)32/h4-10,12-14,16-17,25-26H,11H2,1-3H3,(H,33,36)(H,34,35)/t16-,17+,25+,26-/m1/s1. The lowest BCUT2D eigenvalue weighted by molar-refractivity contribution is -0.121. The second-order valence-corrected chi connectivity index (χ2v) is 13.7. The molecular formula is C29H27F3N2O5S2. The largest absolute Gasteiger partial charge is 0.496 e. The van der Waals surface area contributed by atoms with Crippen LogP contribution >= 0.6 is 11.3 Å². The summed E-state index contributed by atoms with van der Waals surface area (Å²) in [5.74, 6) is -2.59. The number of halogens is 3. The van der Waals surface area contributed by atoms with E-state index >= 15 is 0 Å². The molecule has 0 unspecified atom stereocenters. The highest BCUT2D eigenvalue weighted by molar-refractivity contribution is 7.92. The first-order valence-corrected chi connectivity index (χ1v) is 15.1. The van der Waals surface area contributed by atoms with Crippen molar-refractivity contribution in [1.29, 1.82) is 0 Å². The minimum Gasteiger partial charge on any atom is -0.496 e. The quantitative estimate of drug-likeness (QED) is 0.316. The van der Waals surface area contributed by atoms with E-state index in [0.29, 0.717) is 18.2 Å². The van der Waals surface area contributed by atoms with Crippen molar-refractivity contribution in [2.75, 3.05) is 12.4 Å². The summed E-state index contributed by atoms with van der Waals surface area (Å²) in [4.78, 5) is 28.0. The van der Waals surface area contributed by atoms with Gasteiger partial charge in [0.15, 0.2) is 0 Å². The van der Waals surface area contributed by atoms with Crippen molar-refractivity contribution in [3.8, 4) is 16.2 Å². The molecule has 2 aliphatic carbocycles. The Morgan fingerprint density at radius 3 is 2.46 bits per heavy atom. The Labute approximate surface area is 239 Å². The van der Waals surface area contributed by atoms with E-state index in [1.54, 1.807) is 6.07 Å². The Morgan fingerprint density at radius 1 is 1.07 bits per heavy atom. The molecule has 0 saturated heterocycles. The molecule has 2 N–H and O–H groups in total. The number of hydrogen-bond donors (Lipinski definition) is 2. The highest BCUT2D eigenvalue weighted by Crippen LogP contribution is 2.45. The third-order valence-corrected chi connectivity index (χ3v) is 10.3. The van der Waals surface area contributed by atoms with E-state index in [1.807, 2.05) is 25.1 Å². The third kappa shape index (κ3) is 5.38. The molecule has 0 aliphatic heterocycles.